The number of piperidine rings is 2. The Balaban J connectivity index is 0.967. The van der Waals surface area contributed by atoms with Crippen molar-refractivity contribution in [3.63, 3.8) is 0 Å². The summed E-state index contributed by atoms with van der Waals surface area (Å²) >= 11 is 2.69. The van der Waals surface area contributed by atoms with Gasteiger partial charge in [0.15, 0.2) is 19.7 Å². The molecule has 0 spiro atoms. The maximum Gasteiger partial charge on any atom is 0.414 e. The molecule has 6 amide bonds. The number of hydrogen-bond acceptors (Lipinski definition) is 18. The lowest BCUT2D eigenvalue weighted by molar-refractivity contribution is -0.127. The van der Waals surface area contributed by atoms with E-state index in [0.29, 0.717) is 64.0 Å². The zero-order valence-corrected chi connectivity index (χ0v) is 36.8. The molecular formula is C35H56N8O12S4. The fourth-order valence-corrected chi connectivity index (χ4v) is 13.6. The van der Waals surface area contributed by atoms with Gasteiger partial charge in [0.05, 0.1) is 58.1 Å². The van der Waals surface area contributed by atoms with Gasteiger partial charge in [-0.15, -0.1) is 23.5 Å². The Morgan fingerprint density at radius 2 is 1.22 bits per heavy atom. The molecule has 6 aliphatic rings. The Morgan fingerprint density at radius 1 is 0.695 bits per heavy atom. The highest BCUT2D eigenvalue weighted by Gasteiger charge is 2.46. The third kappa shape index (κ3) is 11.8. The number of alkyl carbamates (subject to hydrolysis) is 2. The number of fused-ring (bicyclic) bond motifs is 2. The molecule has 6 saturated heterocycles. The van der Waals surface area contributed by atoms with Crippen LogP contribution >= 0.6 is 23.5 Å². The quantitative estimate of drug-likeness (QED) is 0.132. The van der Waals surface area contributed by atoms with Crippen LogP contribution in [0.25, 0.3) is 0 Å². The van der Waals surface area contributed by atoms with Gasteiger partial charge in [0.25, 0.3) is 0 Å². The number of carbonyl (C=O) groups is 6. The molecule has 6 fully saturated rings. The Hall–Kier alpha value is -2.74. The zero-order chi connectivity index (χ0) is 42.8. The van der Waals surface area contributed by atoms with Crippen LogP contribution in [0.15, 0.2) is 0 Å². The second kappa shape index (κ2) is 19.1. The average molecular weight is 909 g/mol. The van der Waals surface area contributed by atoms with Crippen LogP contribution in [0.4, 0.5) is 9.59 Å². The molecule has 0 aromatic rings. The third-order valence-electron chi connectivity index (χ3n) is 11.8. The summed E-state index contributed by atoms with van der Waals surface area (Å²) in [7, 11) is -6.44. The first kappa shape index (κ1) is 45.8. The topological polar surface area (TPSA) is 268 Å². The molecule has 0 aromatic carbocycles. The summed E-state index contributed by atoms with van der Waals surface area (Å²) in [6, 6.07) is -1.23. The molecule has 11 unspecified atom stereocenters. The van der Waals surface area contributed by atoms with Crippen molar-refractivity contribution >= 4 is 79.0 Å². The van der Waals surface area contributed by atoms with E-state index in [2.05, 4.69) is 31.9 Å². The van der Waals surface area contributed by atoms with Gasteiger partial charge in [0, 0.05) is 43.9 Å². The highest BCUT2D eigenvalue weighted by molar-refractivity contribution is 8.00. The average Bonchev–Trinajstić information content (AvgIpc) is 3.95. The normalized spacial score (nSPS) is 33.7. The van der Waals surface area contributed by atoms with E-state index in [1.165, 1.54) is 36.0 Å². The first-order valence-corrected chi connectivity index (χ1v) is 25.9. The zero-order valence-electron chi connectivity index (χ0n) is 33.5. The molecule has 6 rings (SSSR count). The number of nitrogens with zero attached hydrogens (tertiary/aromatic N) is 2. The van der Waals surface area contributed by atoms with E-state index in [-0.39, 0.29) is 48.8 Å². The van der Waals surface area contributed by atoms with Gasteiger partial charge in [-0.2, -0.15) is 0 Å². The summed E-state index contributed by atoms with van der Waals surface area (Å²) in [6.07, 6.45) is 2.93. The monoisotopic (exact) mass is 908 g/mol. The largest absolute Gasteiger partial charge is 0.449 e. The van der Waals surface area contributed by atoms with Gasteiger partial charge in [-0.05, 0) is 64.5 Å². The Bertz CT molecular complexity index is 1860. The fraction of sp³-hybridized carbons (Fsp3) is 0.829. The van der Waals surface area contributed by atoms with E-state index >= 15 is 0 Å². The summed E-state index contributed by atoms with van der Waals surface area (Å²) in [4.78, 5) is 82.2. The predicted molar refractivity (Wildman–Crippen MR) is 218 cm³/mol. The Labute approximate surface area is 353 Å². The highest BCUT2D eigenvalue weighted by atomic mass is 32.2. The van der Waals surface area contributed by atoms with Crippen molar-refractivity contribution in [3.05, 3.63) is 0 Å². The summed E-state index contributed by atoms with van der Waals surface area (Å²) in [5, 5.41) is 14.3. The lowest BCUT2D eigenvalue weighted by Gasteiger charge is -2.33. The van der Waals surface area contributed by atoms with Crippen molar-refractivity contribution in [1.82, 2.24) is 41.7 Å². The third-order valence-corrected chi connectivity index (χ3v) is 17.8. The molecule has 0 radical (unpaired) electrons. The minimum absolute atomic E-state index is 0.102. The number of ether oxygens (including phenoxy) is 2. The van der Waals surface area contributed by atoms with E-state index in [4.69, 9.17) is 9.47 Å². The second-order valence-electron chi connectivity index (χ2n) is 16.5. The fourth-order valence-electron chi connectivity index (χ4n) is 8.61. The maximum absolute atomic E-state index is 13.5. The van der Waals surface area contributed by atoms with Gasteiger partial charge in [-0.3, -0.25) is 50.2 Å². The molecule has 0 aliphatic carbocycles. The van der Waals surface area contributed by atoms with Gasteiger partial charge >= 0.3 is 12.2 Å². The Morgan fingerprint density at radius 3 is 1.76 bits per heavy atom. The van der Waals surface area contributed by atoms with Crippen molar-refractivity contribution in [3.8, 4) is 0 Å². The van der Waals surface area contributed by atoms with Gasteiger partial charge < -0.3 is 20.1 Å². The van der Waals surface area contributed by atoms with Crippen molar-refractivity contribution in [2.75, 3.05) is 51.1 Å². The van der Waals surface area contributed by atoms with E-state index in [1.54, 1.807) is 13.8 Å². The molecule has 11 atom stereocenters. The van der Waals surface area contributed by atoms with Gasteiger partial charge in [-0.1, -0.05) is 0 Å². The molecule has 20 nitrogen and oxygen atoms in total. The number of nitrogens with one attached hydrogen (secondary N) is 6. The van der Waals surface area contributed by atoms with Gasteiger partial charge in [0.1, 0.15) is 12.1 Å². The molecule has 0 saturated carbocycles. The van der Waals surface area contributed by atoms with Gasteiger partial charge in [-0.25, -0.2) is 26.4 Å². The lowest BCUT2D eigenvalue weighted by Crippen LogP contribution is -2.50. The summed E-state index contributed by atoms with van der Waals surface area (Å²) in [6.45, 7) is 4.46. The van der Waals surface area contributed by atoms with Crippen LogP contribution < -0.4 is 31.9 Å². The molecule has 24 heteroatoms. The maximum atomic E-state index is 13.5. The van der Waals surface area contributed by atoms with E-state index in [0.717, 1.165) is 0 Å². The SMILES string of the molecule is CC(C)OC(=O)NC(=O)C1CC(CCOC(=O)NC(=O)C2CCSC2NC(=O)C2CN3CC(S(C)(=O)=O)CCC3N2)SC1NC(=O)C1CN2CC(S(C)(=O)=O)CCC2N1. The van der Waals surface area contributed by atoms with Crippen LogP contribution in [0.1, 0.15) is 58.8 Å². The molecule has 6 aliphatic heterocycles. The number of hydrogen-bond donors (Lipinski definition) is 6. The predicted octanol–water partition coefficient (Wildman–Crippen LogP) is -1.34. The van der Waals surface area contributed by atoms with E-state index in [9.17, 15) is 45.6 Å². The number of thioether (sulfide) groups is 2. The smallest absolute Gasteiger partial charge is 0.414 e. The number of amides is 6. The molecule has 6 N–H and O–H groups in total. The molecule has 0 bridgehead atoms. The van der Waals surface area contributed by atoms with Crippen LogP contribution in [-0.2, 0) is 48.3 Å². The molecule has 6 heterocycles. The van der Waals surface area contributed by atoms with Crippen molar-refractivity contribution in [2.24, 2.45) is 11.8 Å². The number of sulfone groups is 2. The highest BCUT2D eigenvalue weighted by Crippen LogP contribution is 2.39. The van der Waals surface area contributed by atoms with Gasteiger partial charge in [0.2, 0.25) is 23.6 Å². The second-order valence-corrected chi connectivity index (χ2v) is 23.9. The molecule has 332 valence electrons. The van der Waals surface area contributed by atoms with Crippen molar-refractivity contribution in [1.29, 1.82) is 0 Å². The first-order valence-electron chi connectivity index (χ1n) is 20.0. The van der Waals surface area contributed by atoms with Crippen LogP contribution in [0.3, 0.4) is 0 Å². The Kier molecular flexibility index (Phi) is 14.8. The van der Waals surface area contributed by atoms with Crippen molar-refractivity contribution < 1.29 is 55.1 Å². The van der Waals surface area contributed by atoms with E-state index < -0.39 is 94.9 Å². The molecule has 0 aromatic heterocycles. The number of carbonyl (C=O) groups excluding carboxylic acids is 6. The lowest BCUT2D eigenvalue weighted by atomic mass is 10.0. The summed E-state index contributed by atoms with van der Waals surface area (Å²) < 4.78 is 58.9. The number of rotatable bonds is 12. The molecular weight excluding hydrogens is 853 g/mol. The van der Waals surface area contributed by atoms with Crippen LogP contribution in [0.5, 0.6) is 0 Å². The molecule has 59 heavy (non-hydrogen) atoms. The summed E-state index contributed by atoms with van der Waals surface area (Å²) in [5.41, 5.74) is 0. The van der Waals surface area contributed by atoms with Crippen LogP contribution in [0, 0.1) is 11.8 Å². The number of imide groups is 2. The van der Waals surface area contributed by atoms with E-state index in [1.807, 2.05) is 9.80 Å². The standard InChI is InChI=1S/C35H56N8O12S4/c1-18(2)55-35(49)41-29(45)23-13-19(57-33(23)39-31(47)25-17-43-15-21(59(4,52)53)6-8-27(43)37-25)9-11-54-34(48)40-28(44)22-10-12-56-32(22)38-30(46)24-16-42-14-20(58(3,50)51)5-7-26(42)36-24/h18-27,32-33,36-37H,5-17H2,1-4H3,(H,38,46)(H,39,47)(H,40,44,48)(H,41,45,49). The van der Waals surface area contributed by atoms with Crippen LogP contribution in [0.2, 0.25) is 0 Å². The van der Waals surface area contributed by atoms with Crippen molar-refractivity contribution in [2.45, 2.75) is 116 Å². The van der Waals surface area contributed by atoms with Crippen LogP contribution in [-0.4, -0.2) is 171 Å². The summed E-state index contributed by atoms with van der Waals surface area (Å²) in [5.74, 6) is -2.85. The first-order chi connectivity index (χ1) is 27.7. The minimum Gasteiger partial charge on any atom is -0.449 e. The minimum atomic E-state index is -3.24.